The minimum Gasteiger partial charge on any atom is -0.664 e. The first-order valence-electron chi connectivity index (χ1n) is 10.4. The summed E-state index contributed by atoms with van der Waals surface area (Å²) >= 11 is 0. The van der Waals surface area contributed by atoms with Gasteiger partial charge in [0.1, 0.15) is 16.5 Å². The molecule has 24 heavy (non-hydrogen) atoms. The minimum absolute atomic E-state index is 0.148. The second-order valence-electron chi connectivity index (χ2n) is 9.94. The van der Waals surface area contributed by atoms with Gasteiger partial charge in [0, 0.05) is 0 Å². The molecular weight excluding hydrogens is 326 g/mol. The Kier molecular flexibility index (Phi) is 7.56. The fourth-order valence-electron chi connectivity index (χ4n) is 4.71. The molecule has 5 heteroatoms. The van der Waals surface area contributed by atoms with Gasteiger partial charge in [-0.2, -0.15) is 6.29 Å². The van der Waals surface area contributed by atoms with Crippen LogP contribution in [0.3, 0.4) is 0 Å². The average Bonchev–Trinajstić information content (AvgIpc) is 2.46. The number of rotatable bonds is 7. The van der Waals surface area contributed by atoms with Gasteiger partial charge in [0.15, 0.2) is 0 Å². The summed E-state index contributed by atoms with van der Waals surface area (Å²) in [5.41, 5.74) is 0. The molecule has 2 aliphatic carbocycles. The molecular formula is C19H41N3Si2-2. The van der Waals surface area contributed by atoms with E-state index in [0.717, 1.165) is 0 Å². The fourth-order valence-corrected chi connectivity index (χ4v) is 14.4. The predicted octanol–water partition coefficient (Wildman–Crippen LogP) is 6.65. The third kappa shape index (κ3) is 6.24. The van der Waals surface area contributed by atoms with Crippen LogP contribution in [0.15, 0.2) is 0 Å². The highest BCUT2D eigenvalue weighted by atomic mass is 28.4. The molecule has 0 radical (unpaired) electrons. The van der Waals surface area contributed by atoms with Crippen LogP contribution in [-0.4, -0.2) is 39.1 Å². The van der Waals surface area contributed by atoms with Crippen LogP contribution in [0.2, 0.25) is 39.3 Å². The molecule has 2 rings (SSSR count). The lowest BCUT2D eigenvalue weighted by Gasteiger charge is -2.65. The molecule has 0 aromatic carbocycles. The van der Waals surface area contributed by atoms with Gasteiger partial charge in [-0.25, -0.2) is 0 Å². The molecule has 0 heterocycles. The monoisotopic (exact) mass is 367 g/mol. The van der Waals surface area contributed by atoms with Crippen LogP contribution in [0.4, 0.5) is 0 Å². The van der Waals surface area contributed by atoms with Gasteiger partial charge >= 0.3 is 0 Å². The summed E-state index contributed by atoms with van der Waals surface area (Å²) in [6.07, 6.45) is 13.6. The average molecular weight is 368 g/mol. The number of hydrogen-bond donors (Lipinski definition) is 0. The van der Waals surface area contributed by atoms with Crippen molar-refractivity contribution in [3.63, 3.8) is 0 Å². The summed E-state index contributed by atoms with van der Waals surface area (Å²) < 4.78 is 2.84. The molecule has 0 saturated heterocycles. The van der Waals surface area contributed by atoms with E-state index in [1.807, 2.05) is 0 Å². The van der Waals surface area contributed by atoms with Gasteiger partial charge in [0.05, 0.1) is 0 Å². The van der Waals surface area contributed by atoms with Crippen molar-refractivity contribution >= 4 is 16.5 Å². The molecule has 0 N–H and O–H groups in total. The summed E-state index contributed by atoms with van der Waals surface area (Å²) in [5, 5.41) is 10.8. The summed E-state index contributed by atoms with van der Waals surface area (Å²) in [6.45, 7) is 14.9. The molecule has 0 spiro atoms. The number of nitrogens with zero attached hydrogens (tertiary/aromatic N) is 3. The third-order valence-corrected chi connectivity index (χ3v) is 12.9. The topological polar surface area (TPSA) is 31.4 Å². The normalized spacial score (nSPS) is 22.5. The lowest BCUT2D eigenvalue weighted by Crippen LogP contribution is -2.63. The Labute approximate surface area is 153 Å². The first-order valence-corrected chi connectivity index (χ1v) is 17.3. The Hall–Kier alpha value is 0.314. The summed E-state index contributed by atoms with van der Waals surface area (Å²) in [4.78, 5) is 0. The van der Waals surface area contributed by atoms with Gasteiger partial charge < -0.3 is 14.9 Å². The minimum atomic E-state index is -1.45. The van der Waals surface area contributed by atoms with Crippen molar-refractivity contribution in [1.29, 1.82) is 0 Å². The van der Waals surface area contributed by atoms with Crippen molar-refractivity contribution in [3.8, 4) is 0 Å². The first-order chi connectivity index (χ1) is 11.2. The van der Waals surface area contributed by atoms with Crippen molar-refractivity contribution in [2.75, 3.05) is 0 Å². The van der Waals surface area contributed by atoms with E-state index in [2.05, 4.69) is 43.5 Å². The van der Waals surface area contributed by atoms with E-state index in [4.69, 9.17) is 10.6 Å². The van der Waals surface area contributed by atoms with Crippen LogP contribution in [0, 0.1) is 0 Å². The molecule has 2 saturated carbocycles. The standard InChI is InChI=1S/C19H41N3Si2/c1-23(2,3)22(24(4,5)6)19(20-17-13-9-7-10-14-17)21-18-15-11-8-12-16-18/h17-19H,7-16H2,1-6H3/q-2. The first kappa shape index (κ1) is 20.6. The van der Waals surface area contributed by atoms with Gasteiger partial charge in [-0.15, -0.1) is 12.1 Å². The van der Waals surface area contributed by atoms with E-state index in [0.29, 0.717) is 12.1 Å². The zero-order valence-corrected chi connectivity index (χ0v) is 19.1. The molecule has 0 bridgehead atoms. The van der Waals surface area contributed by atoms with Gasteiger partial charge in [0.25, 0.3) is 0 Å². The molecule has 0 aromatic rings. The Morgan fingerprint density at radius 3 is 1.25 bits per heavy atom. The maximum atomic E-state index is 5.39. The van der Waals surface area contributed by atoms with E-state index in [-0.39, 0.29) is 6.29 Å². The van der Waals surface area contributed by atoms with Gasteiger partial charge in [-0.05, 0) is 0 Å². The van der Waals surface area contributed by atoms with Crippen molar-refractivity contribution in [2.24, 2.45) is 0 Å². The van der Waals surface area contributed by atoms with Crippen LogP contribution in [0.25, 0.3) is 10.6 Å². The smallest absolute Gasteiger partial charge is 0.109 e. The highest BCUT2D eigenvalue weighted by molar-refractivity contribution is 6.89. The molecule has 142 valence electrons. The second kappa shape index (κ2) is 8.80. The summed E-state index contributed by atoms with van der Waals surface area (Å²) in [7, 11) is -2.89. The lowest BCUT2D eigenvalue weighted by atomic mass is 9.95. The van der Waals surface area contributed by atoms with Crippen molar-refractivity contribution < 1.29 is 0 Å². The van der Waals surface area contributed by atoms with Gasteiger partial charge in [-0.1, -0.05) is 103 Å². The predicted molar refractivity (Wildman–Crippen MR) is 113 cm³/mol. The maximum absolute atomic E-state index is 5.39. The highest BCUT2D eigenvalue weighted by Crippen LogP contribution is 2.36. The number of hydrogen-bond acceptors (Lipinski definition) is 1. The Morgan fingerprint density at radius 2 is 0.958 bits per heavy atom. The summed E-state index contributed by atoms with van der Waals surface area (Å²) in [5.74, 6) is 0. The molecule has 2 aliphatic rings. The molecule has 0 amide bonds. The molecule has 0 atom stereocenters. The molecule has 0 aliphatic heterocycles. The van der Waals surface area contributed by atoms with E-state index >= 15 is 0 Å². The van der Waals surface area contributed by atoms with Crippen LogP contribution < -0.4 is 0 Å². The quantitative estimate of drug-likeness (QED) is 0.463. The zero-order chi connectivity index (χ0) is 17.8. The van der Waals surface area contributed by atoms with E-state index in [1.54, 1.807) is 0 Å². The van der Waals surface area contributed by atoms with Crippen LogP contribution >= 0.6 is 0 Å². The Bertz CT molecular complexity index is 330. The Morgan fingerprint density at radius 1 is 0.625 bits per heavy atom. The molecule has 0 aromatic heterocycles. The van der Waals surface area contributed by atoms with Gasteiger partial charge in [-0.3, -0.25) is 0 Å². The zero-order valence-electron chi connectivity index (χ0n) is 17.1. The maximum Gasteiger partial charge on any atom is 0.109 e. The molecule has 0 unspecified atom stereocenters. The highest BCUT2D eigenvalue weighted by Gasteiger charge is 2.34. The molecule has 3 nitrogen and oxygen atoms in total. The fraction of sp³-hybridized carbons (Fsp3) is 1.00. The largest absolute Gasteiger partial charge is 0.664 e. The van der Waals surface area contributed by atoms with Crippen molar-refractivity contribution in [2.45, 2.75) is 122 Å². The lowest BCUT2D eigenvalue weighted by molar-refractivity contribution is 0.400. The van der Waals surface area contributed by atoms with Crippen molar-refractivity contribution in [1.82, 2.24) is 4.23 Å². The third-order valence-electron chi connectivity index (χ3n) is 5.51. The van der Waals surface area contributed by atoms with Crippen LogP contribution in [0.1, 0.15) is 64.2 Å². The van der Waals surface area contributed by atoms with E-state index in [1.165, 1.54) is 64.2 Å². The van der Waals surface area contributed by atoms with Crippen molar-refractivity contribution in [3.05, 3.63) is 10.6 Å². The summed E-state index contributed by atoms with van der Waals surface area (Å²) in [6, 6.07) is 1.12. The second-order valence-corrected chi connectivity index (χ2v) is 20.0. The van der Waals surface area contributed by atoms with E-state index < -0.39 is 16.5 Å². The van der Waals surface area contributed by atoms with E-state index in [9.17, 15) is 0 Å². The van der Waals surface area contributed by atoms with Crippen LogP contribution in [0.5, 0.6) is 0 Å². The SMILES string of the molecule is C[Si](C)(C)N(C([N-]C1CCCCC1)[N-]C1CCCCC1)[Si](C)(C)C. The Balaban J connectivity index is 2.14. The van der Waals surface area contributed by atoms with Gasteiger partial charge in [0.2, 0.25) is 0 Å². The van der Waals surface area contributed by atoms with Crippen LogP contribution in [-0.2, 0) is 0 Å². The molecule has 2 fully saturated rings.